The number of nitrogens with one attached hydrogen (secondary N) is 1. The molecular formula is C16H22N6O. The smallest absolute Gasteiger partial charge is 0.317 e. The lowest BCUT2D eigenvalue weighted by Crippen LogP contribution is -2.39. The molecule has 1 unspecified atom stereocenters. The second kappa shape index (κ2) is 7.21. The standard InChI is InChI=1S/C16H22N6O/c1-21-15(18-19-20-21)7-9-17-16(23)22-10-8-14(12-22)11-13-5-3-2-4-6-13/h2-6,14H,7-12H2,1H3,(H,17,23). The van der Waals surface area contributed by atoms with Gasteiger partial charge >= 0.3 is 6.03 Å². The van der Waals surface area contributed by atoms with Crippen LogP contribution in [0.2, 0.25) is 0 Å². The SMILES string of the molecule is Cn1nnnc1CCNC(=O)N1CCC(Cc2ccccc2)C1. The first-order valence-electron chi connectivity index (χ1n) is 8.00. The number of benzene rings is 1. The lowest BCUT2D eigenvalue weighted by atomic mass is 9.99. The fourth-order valence-electron chi connectivity index (χ4n) is 2.98. The number of rotatable bonds is 5. The molecule has 1 fully saturated rings. The first-order valence-corrected chi connectivity index (χ1v) is 8.00. The second-order valence-corrected chi connectivity index (χ2v) is 5.99. The minimum absolute atomic E-state index is 0.00990. The van der Waals surface area contributed by atoms with Gasteiger partial charge in [-0.2, -0.15) is 0 Å². The maximum atomic E-state index is 12.2. The van der Waals surface area contributed by atoms with E-state index in [1.165, 1.54) is 5.56 Å². The van der Waals surface area contributed by atoms with Gasteiger partial charge in [-0.05, 0) is 34.7 Å². The van der Waals surface area contributed by atoms with E-state index in [0.717, 1.165) is 31.8 Å². The van der Waals surface area contributed by atoms with Gasteiger partial charge in [-0.15, -0.1) is 5.10 Å². The molecular weight excluding hydrogens is 292 g/mol. The summed E-state index contributed by atoms with van der Waals surface area (Å²) in [5.41, 5.74) is 1.34. The topological polar surface area (TPSA) is 75.9 Å². The highest BCUT2D eigenvalue weighted by atomic mass is 16.2. The first-order chi connectivity index (χ1) is 11.2. The molecule has 2 amide bonds. The third-order valence-electron chi connectivity index (χ3n) is 4.27. The lowest BCUT2D eigenvalue weighted by molar-refractivity contribution is 0.207. The molecule has 0 radical (unpaired) electrons. The van der Waals surface area contributed by atoms with E-state index in [2.05, 4.69) is 45.1 Å². The molecule has 3 rings (SSSR count). The van der Waals surface area contributed by atoms with Crippen molar-refractivity contribution in [2.45, 2.75) is 19.3 Å². The van der Waals surface area contributed by atoms with E-state index in [-0.39, 0.29) is 6.03 Å². The van der Waals surface area contributed by atoms with Crippen LogP contribution in [-0.2, 0) is 19.9 Å². The number of urea groups is 1. The largest absolute Gasteiger partial charge is 0.338 e. The summed E-state index contributed by atoms with van der Waals surface area (Å²) in [5.74, 6) is 1.32. The van der Waals surface area contributed by atoms with E-state index < -0.39 is 0 Å². The third-order valence-corrected chi connectivity index (χ3v) is 4.27. The van der Waals surface area contributed by atoms with Crippen LogP contribution in [0.3, 0.4) is 0 Å². The van der Waals surface area contributed by atoms with Gasteiger partial charge in [-0.1, -0.05) is 30.3 Å². The normalized spacial score (nSPS) is 17.4. The number of carbonyl (C=O) groups excluding carboxylic acids is 1. The molecule has 1 aliphatic rings. The van der Waals surface area contributed by atoms with Crippen molar-refractivity contribution >= 4 is 6.03 Å². The van der Waals surface area contributed by atoms with Crippen molar-refractivity contribution in [2.75, 3.05) is 19.6 Å². The molecule has 2 aromatic rings. The zero-order valence-corrected chi connectivity index (χ0v) is 13.4. The van der Waals surface area contributed by atoms with Gasteiger partial charge in [0.15, 0.2) is 5.82 Å². The maximum absolute atomic E-state index is 12.2. The molecule has 1 aliphatic heterocycles. The summed E-state index contributed by atoms with van der Waals surface area (Å²) in [4.78, 5) is 14.1. The van der Waals surface area contributed by atoms with Crippen LogP contribution in [0.15, 0.2) is 30.3 Å². The minimum atomic E-state index is 0.00990. The first kappa shape index (κ1) is 15.5. The number of likely N-dealkylation sites (tertiary alicyclic amines) is 1. The summed E-state index contributed by atoms with van der Waals surface area (Å²) in [5, 5.41) is 14.2. The van der Waals surface area contributed by atoms with Gasteiger partial charge in [0.05, 0.1) is 0 Å². The molecule has 0 aliphatic carbocycles. The fourth-order valence-corrected chi connectivity index (χ4v) is 2.98. The Morgan fingerprint density at radius 2 is 2.17 bits per heavy atom. The molecule has 1 atom stereocenters. The van der Waals surface area contributed by atoms with Gasteiger partial charge in [-0.25, -0.2) is 9.48 Å². The third kappa shape index (κ3) is 4.06. The van der Waals surface area contributed by atoms with E-state index in [4.69, 9.17) is 0 Å². The van der Waals surface area contributed by atoms with Crippen LogP contribution in [0.4, 0.5) is 4.79 Å². The Kier molecular flexibility index (Phi) is 4.85. The number of amides is 2. The Labute approximate surface area is 135 Å². The van der Waals surface area contributed by atoms with Gasteiger partial charge in [0, 0.05) is 33.1 Å². The van der Waals surface area contributed by atoms with Gasteiger partial charge in [0.2, 0.25) is 0 Å². The van der Waals surface area contributed by atoms with Crippen LogP contribution in [-0.4, -0.2) is 50.8 Å². The van der Waals surface area contributed by atoms with Crippen molar-refractivity contribution in [2.24, 2.45) is 13.0 Å². The number of hydrogen-bond acceptors (Lipinski definition) is 4. The number of aryl methyl sites for hydroxylation is 1. The Bertz CT molecular complexity index is 641. The number of hydrogen-bond donors (Lipinski definition) is 1. The Morgan fingerprint density at radius 3 is 2.91 bits per heavy atom. The summed E-state index contributed by atoms with van der Waals surface area (Å²) in [6.07, 6.45) is 2.74. The van der Waals surface area contributed by atoms with Crippen LogP contribution in [0, 0.1) is 5.92 Å². The summed E-state index contributed by atoms with van der Waals surface area (Å²) in [6.45, 7) is 2.20. The highest BCUT2D eigenvalue weighted by Crippen LogP contribution is 2.20. The van der Waals surface area contributed by atoms with Crippen LogP contribution in [0.25, 0.3) is 0 Å². The molecule has 0 spiro atoms. The predicted molar refractivity (Wildman–Crippen MR) is 85.7 cm³/mol. The summed E-state index contributed by atoms with van der Waals surface area (Å²) < 4.78 is 1.62. The highest BCUT2D eigenvalue weighted by Gasteiger charge is 2.26. The zero-order valence-electron chi connectivity index (χ0n) is 13.4. The Hall–Kier alpha value is -2.44. The van der Waals surface area contributed by atoms with Gasteiger partial charge in [-0.3, -0.25) is 0 Å². The molecule has 0 bridgehead atoms. The molecule has 7 nitrogen and oxygen atoms in total. The minimum Gasteiger partial charge on any atom is -0.338 e. The van der Waals surface area contributed by atoms with Crippen molar-refractivity contribution in [3.8, 4) is 0 Å². The van der Waals surface area contributed by atoms with E-state index in [9.17, 15) is 4.79 Å². The average molecular weight is 314 g/mol. The predicted octanol–water partition coefficient (Wildman–Crippen LogP) is 1.03. The van der Waals surface area contributed by atoms with E-state index in [0.29, 0.717) is 18.9 Å². The molecule has 122 valence electrons. The molecule has 1 saturated heterocycles. The molecule has 1 aromatic carbocycles. The van der Waals surface area contributed by atoms with Crippen LogP contribution in [0.1, 0.15) is 17.8 Å². The molecule has 23 heavy (non-hydrogen) atoms. The highest BCUT2D eigenvalue weighted by molar-refractivity contribution is 5.74. The number of nitrogens with zero attached hydrogens (tertiary/aromatic N) is 5. The van der Waals surface area contributed by atoms with Crippen LogP contribution >= 0.6 is 0 Å². The molecule has 0 saturated carbocycles. The van der Waals surface area contributed by atoms with E-state index >= 15 is 0 Å². The maximum Gasteiger partial charge on any atom is 0.317 e. The average Bonchev–Trinajstić information content (AvgIpc) is 3.18. The van der Waals surface area contributed by atoms with Crippen LogP contribution < -0.4 is 5.32 Å². The second-order valence-electron chi connectivity index (χ2n) is 5.99. The zero-order chi connectivity index (χ0) is 16.1. The Balaban J connectivity index is 1.41. The summed E-state index contributed by atoms with van der Waals surface area (Å²) >= 11 is 0. The van der Waals surface area contributed by atoms with Crippen molar-refractivity contribution in [3.63, 3.8) is 0 Å². The molecule has 1 N–H and O–H groups in total. The lowest BCUT2D eigenvalue weighted by Gasteiger charge is -2.17. The van der Waals surface area contributed by atoms with Crippen molar-refractivity contribution < 1.29 is 4.79 Å². The van der Waals surface area contributed by atoms with Crippen molar-refractivity contribution in [3.05, 3.63) is 41.7 Å². The van der Waals surface area contributed by atoms with Crippen molar-refractivity contribution in [1.29, 1.82) is 0 Å². The van der Waals surface area contributed by atoms with E-state index in [1.54, 1.807) is 11.7 Å². The molecule has 7 heteroatoms. The van der Waals surface area contributed by atoms with Gasteiger partial charge in [0.25, 0.3) is 0 Å². The summed E-state index contributed by atoms with van der Waals surface area (Å²) in [7, 11) is 1.80. The number of aromatic nitrogens is 4. The summed E-state index contributed by atoms with van der Waals surface area (Å²) in [6, 6.07) is 10.5. The number of carbonyl (C=O) groups is 1. The van der Waals surface area contributed by atoms with Gasteiger partial charge in [0.1, 0.15) is 0 Å². The Morgan fingerprint density at radius 1 is 1.35 bits per heavy atom. The molecule has 2 heterocycles. The molecule has 1 aromatic heterocycles. The van der Waals surface area contributed by atoms with Gasteiger partial charge < -0.3 is 10.2 Å². The number of tetrazole rings is 1. The van der Waals surface area contributed by atoms with E-state index in [1.807, 2.05) is 11.0 Å². The van der Waals surface area contributed by atoms with Crippen LogP contribution in [0.5, 0.6) is 0 Å². The fraction of sp³-hybridized carbons (Fsp3) is 0.500. The quantitative estimate of drug-likeness (QED) is 0.894. The monoisotopic (exact) mass is 314 g/mol. The van der Waals surface area contributed by atoms with Crippen molar-refractivity contribution in [1.82, 2.24) is 30.4 Å².